The van der Waals surface area contributed by atoms with Gasteiger partial charge in [0.1, 0.15) is 4.90 Å². The van der Waals surface area contributed by atoms with Crippen LogP contribution in [-0.4, -0.2) is 20.1 Å². The molecule has 0 saturated heterocycles. The molecule has 8 heteroatoms. The van der Waals surface area contributed by atoms with E-state index in [0.717, 1.165) is 11.8 Å². The van der Waals surface area contributed by atoms with Gasteiger partial charge in [0.2, 0.25) is 5.91 Å². The van der Waals surface area contributed by atoms with Crippen LogP contribution in [-0.2, 0) is 14.8 Å². The minimum atomic E-state index is -3.82. The van der Waals surface area contributed by atoms with Crippen molar-refractivity contribution in [2.45, 2.75) is 9.79 Å². The van der Waals surface area contributed by atoms with Crippen LogP contribution < -0.4 is 10.5 Å². The summed E-state index contributed by atoms with van der Waals surface area (Å²) < 4.78 is 27.3. The first-order chi connectivity index (χ1) is 10.4. The second-order valence-corrected chi connectivity index (χ2v) is 7.36. The number of rotatable bonds is 6. The number of halogens is 1. The standard InChI is InChI=1S/C14H13ClN2O3S2/c15-10-5-1-4-8-13(10)22(19,20)17-11-6-2-3-7-12(11)21-9-14(16)18/h1-8,17H,9H2,(H2,16,18). The Bertz CT molecular complexity index is 794. The van der Waals surface area contributed by atoms with Crippen LogP contribution in [0, 0.1) is 0 Å². The van der Waals surface area contributed by atoms with Crippen LogP contribution >= 0.6 is 23.4 Å². The quantitative estimate of drug-likeness (QED) is 0.779. The third-order valence-electron chi connectivity index (χ3n) is 2.63. The predicted molar refractivity (Wildman–Crippen MR) is 88.6 cm³/mol. The molecule has 0 unspecified atom stereocenters. The number of para-hydroxylation sites is 1. The van der Waals surface area contributed by atoms with E-state index >= 15 is 0 Å². The summed E-state index contributed by atoms with van der Waals surface area (Å²) in [6.07, 6.45) is 0. The van der Waals surface area contributed by atoms with Crippen LogP contribution in [0.25, 0.3) is 0 Å². The van der Waals surface area contributed by atoms with Crippen molar-refractivity contribution in [1.82, 2.24) is 0 Å². The zero-order valence-electron chi connectivity index (χ0n) is 11.3. The lowest BCUT2D eigenvalue weighted by molar-refractivity contribution is -0.115. The fourth-order valence-electron chi connectivity index (χ4n) is 1.69. The van der Waals surface area contributed by atoms with E-state index in [1.165, 1.54) is 12.1 Å². The summed E-state index contributed by atoms with van der Waals surface area (Å²) in [7, 11) is -3.82. The average Bonchev–Trinajstić information content (AvgIpc) is 2.46. The molecule has 0 heterocycles. The van der Waals surface area contributed by atoms with Crippen molar-refractivity contribution in [3.05, 3.63) is 53.6 Å². The van der Waals surface area contributed by atoms with E-state index in [1.807, 2.05) is 0 Å². The normalized spacial score (nSPS) is 11.1. The summed E-state index contributed by atoms with van der Waals surface area (Å²) in [4.78, 5) is 11.5. The summed E-state index contributed by atoms with van der Waals surface area (Å²) in [5.74, 6) is -0.418. The van der Waals surface area contributed by atoms with E-state index in [0.29, 0.717) is 10.6 Å². The minimum absolute atomic E-state index is 0.00799. The average molecular weight is 357 g/mol. The zero-order chi connectivity index (χ0) is 16.2. The minimum Gasteiger partial charge on any atom is -0.369 e. The van der Waals surface area contributed by atoms with Crippen molar-refractivity contribution in [1.29, 1.82) is 0 Å². The fourth-order valence-corrected chi connectivity index (χ4v) is 4.10. The molecule has 0 fully saturated rings. The van der Waals surface area contributed by atoms with Gasteiger partial charge in [0.05, 0.1) is 16.5 Å². The van der Waals surface area contributed by atoms with Crippen LogP contribution in [0.5, 0.6) is 0 Å². The Morgan fingerprint density at radius 2 is 1.77 bits per heavy atom. The number of carbonyl (C=O) groups is 1. The molecule has 0 bridgehead atoms. The number of nitrogens with two attached hydrogens (primary N) is 1. The molecule has 0 aromatic heterocycles. The molecular weight excluding hydrogens is 344 g/mol. The first-order valence-electron chi connectivity index (χ1n) is 6.17. The van der Waals surface area contributed by atoms with Crippen molar-refractivity contribution in [2.75, 3.05) is 10.5 Å². The molecule has 2 aromatic carbocycles. The highest BCUT2D eigenvalue weighted by Gasteiger charge is 2.19. The van der Waals surface area contributed by atoms with Crippen LogP contribution in [0.2, 0.25) is 5.02 Å². The summed E-state index contributed by atoms with van der Waals surface area (Å²) in [5.41, 5.74) is 5.48. The van der Waals surface area contributed by atoms with E-state index in [9.17, 15) is 13.2 Å². The van der Waals surface area contributed by atoms with Gasteiger partial charge in [0.25, 0.3) is 10.0 Å². The monoisotopic (exact) mass is 356 g/mol. The zero-order valence-corrected chi connectivity index (χ0v) is 13.7. The predicted octanol–water partition coefficient (Wildman–Crippen LogP) is 2.72. The molecule has 0 atom stereocenters. The van der Waals surface area contributed by atoms with E-state index in [-0.39, 0.29) is 15.7 Å². The Morgan fingerprint density at radius 3 is 2.45 bits per heavy atom. The molecule has 3 N–H and O–H groups in total. The Morgan fingerprint density at radius 1 is 1.14 bits per heavy atom. The van der Waals surface area contributed by atoms with Crippen molar-refractivity contribution in [3.63, 3.8) is 0 Å². The first kappa shape index (κ1) is 16.7. The molecule has 5 nitrogen and oxygen atoms in total. The molecule has 0 spiro atoms. The Labute approximate surface area is 137 Å². The summed E-state index contributed by atoms with van der Waals surface area (Å²) >= 11 is 7.09. The number of hydrogen-bond donors (Lipinski definition) is 2. The molecule has 0 radical (unpaired) electrons. The maximum absolute atomic E-state index is 12.4. The van der Waals surface area contributed by atoms with E-state index in [1.54, 1.807) is 36.4 Å². The highest BCUT2D eigenvalue weighted by molar-refractivity contribution is 8.00. The lowest BCUT2D eigenvalue weighted by atomic mass is 10.3. The van der Waals surface area contributed by atoms with Crippen LogP contribution in [0.15, 0.2) is 58.3 Å². The number of sulfonamides is 1. The van der Waals surface area contributed by atoms with Gasteiger partial charge in [-0.2, -0.15) is 0 Å². The molecule has 0 aliphatic rings. The smallest absolute Gasteiger partial charge is 0.263 e. The van der Waals surface area contributed by atoms with Gasteiger partial charge in [-0.1, -0.05) is 35.9 Å². The third-order valence-corrected chi connectivity index (χ3v) is 5.59. The Hall–Kier alpha value is -1.70. The third kappa shape index (κ3) is 4.16. The molecule has 116 valence electrons. The number of hydrogen-bond acceptors (Lipinski definition) is 4. The SMILES string of the molecule is NC(=O)CSc1ccccc1NS(=O)(=O)c1ccccc1Cl. The van der Waals surface area contributed by atoms with E-state index < -0.39 is 15.9 Å². The second kappa shape index (κ2) is 7.04. The lowest BCUT2D eigenvalue weighted by Crippen LogP contribution is -2.15. The topological polar surface area (TPSA) is 89.3 Å². The molecule has 1 amide bonds. The highest BCUT2D eigenvalue weighted by atomic mass is 35.5. The maximum Gasteiger partial charge on any atom is 0.263 e. The second-order valence-electron chi connectivity index (χ2n) is 4.29. The molecule has 0 saturated carbocycles. The summed E-state index contributed by atoms with van der Waals surface area (Å²) in [6.45, 7) is 0. The van der Waals surface area contributed by atoms with Gasteiger partial charge in [-0.25, -0.2) is 8.42 Å². The molecule has 2 rings (SSSR count). The van der Waals surface area contributed by atoms with E-state index in [2.05, 4.69) is 4.72 Å². The highest BCUT2D eigenvalue weighted by Crippen LogP contribution is 2.30. The lowest BCUT2D eigenvalue weighted by Gasteiger charge is -2.12. The van der Waals surface area contributed by atoms with Crippen LogP contribution in [0.3, 0.4) is 0 Å². The van der Waals surface area contributed by atoms with Crippen molar-refractivity contribution in [3.8, 4) is 0 Å². The first-order valence-corrected chi connectivity index (χ1v) is 9.02. The number of benzene rings is 2. The molecule has 0 aliphatic heterocycles. The number of thioether (sulfide) groups is 1. The largest absolute Gasteiger partial charge is 0.369 e. The van der Waals surface area contributed by atoms with Gasteiger partial charge in [-0.05, 0) is 24.3 Å². The van der Waals surface area contributed by atoms with Crippen molar-refractivity contribution < 1.29 is 13.2 Å². The Kier molecular flexibility index (Phi) is 5.33. The summed E-state index contributed by atoms with van der Waals surface area (Å²) in [6, 6.07) is 12.9. The van der Waals surface area contributed by atoms with Gasteiger partial charge in [-0.3, -0.25) is 9.52 Å². The summed E-state index contributed by atoms with van der Waals surface area (Å²) in [5, 5.41) is 0.136. The van der Waals surface area contributed by atoms with Gasteiger partial charge >= 0.3 is 0 Å². The van der Waals surface area contributed by atoms with Crippen LogP contribution in [0.4, 0.5) is 5.69 Å². The molecule has 22 heavy (non-hydrogen) atoms. The van der Waals surface area contributed by atoms with Crippen molar-refractivity contribution in [2.24, 2.45) is 5.73 Å². The van der Waals surface area contributed by atoms with Gasteiger partial charge in [0.15, 0.2) is 0 Å². The van der Waals surface area contributed by atoms with Crippen molar-refractivity contribution >= 4 is 45.0 Å². The number of amides is 1. The van der Waals surface area contributed by atoms with Gasteiger partial charge in [-0.15, -0.1) is 11.8 Å². The number of carbonyl (C=O) groups excluding carboxylic acids is 1. The molecular formula is C14H13ClN2O3S2. The molecule has 2 aromatic rings. The fraction of sp³-hybridized carbons (Fsp3) is 0.0714. The van der Waals surface area contributed by atoms with Gasteiger partial charge < -0.3 is 5.73 Å². The van der Waals surface area contributed by atoms with E-state index in [4.69, 9.17) is 17.3 Å². The number of anilines is 1. The van der Waals surface area contributed by atoms with Crippen LogP contribution in [0.1, 0.15) is 0 Å². The Balaban J connectivity index is 2.30. The number of nitrogens with one attached hydrogen (secondary N) is 1. The van der Waals surface area contributed by atoms with Gasteiger partial charge in [0, 0.05) is 4.90 Å². The number of primary amides is 1. The molecule has 0 aliphatic carbocycles. The maximum atomic E-state index is 12.4.